The van der Waals surface area contributed by atoms with Gasteiger partial charge in [0.15, 0.2) is 5.75 Å². The van der Waals surface area contributed by atoms with Crippen molar-refractivity contribution >= 4 is 34.2 Å². The number of carbonyl (C=O) groups is 2. The van der Waals surface area contributed by atoms with E-state index < -0.39 is 0 Å². The molecular weight excluding hydrogens is 394 g/mol. The molecule has 0 radical (unpaired) electrons. The van der Waals surface area contributed by atoms with E-state index in [0.717, 1.165) is 0 Å². The first-order valence-corrected chi connectivity index (χ1v) is 9.31. The molecule has 0 unspecified atom stereocenters. The fourth-order valence-corrected chi connectivity index (χ4v) is 2.81. The van der Waals surface area contributed by atoms with Gasteiger partial charge >= 0.3 is 0 Å². The van der Waals surface area contributed by atoms with Gasteiger partial charge in [0.1, 0.15) is 11.6 Å². The van der Waals surface area contributed by atoms with Gasteiger partial charge in [-0.05, 0) is 60.7 Å². The van der Waals surface area contributed by atoms with Crippen LogP contribution in [0.25, 0.3) is 10.9 Å². The molecule has 2 amide bonds. The van der Waals surface area contributed by atoms with E-state index in [9.17, 15) is 9.59 Å². The molecule has 0 aliphatic rings. The monoisotopic (exact) mass is 411 g/mol. The van der Waals surface area contributed by atoms with E-state index in [1.54, 1.807) is 66.9 Å². The van der Waals surface area contributed by atoms with Crippen molar-refractivity contribution in [3.63, 3.8) is 0 Å². The Hall–Kier alpha value is -4.59. The molecule has 0 atom stereocenters. The largest absolute Gasteiger partial charge is 0.455 e. The van der Waals surface area contributed by atoms with Gasteiger partial charge in [-0.15, -0.1) is 0 Å². The molecule has 2 N–H and O–H groups in total. The van der Waals surface area contributed by atoms with Gasteiger partial charge < -0.3 is 15.4 Å². The Morgan fingerprint density at radius 3 is 2.58 bits per heavy atom. The number of nitrogens with one attached hydrogen (secondary N) is 2. The molecular formula is C23H17N5O3. The molecule has 0 saturated heterocycles. The molecule has 0 aliphatic carbocycles. The van der Waals surface area contributed by atoms with Gasteiger partial charge in [-0.2, -0.15) is 10.2 Å². The van der Waals surface area contributed by atoms with Crippen molar-refractivity contribution in [2.75, 3.05) is 10.6 Å². The van der Waals surface area contributed by atoms with Crippen LogP contribution < -0.4 is 15.4 Å². The third-order valence-corrected chi connectivity index (χ3v) is 4.31. The molecule has 8 nitrogen and oxygen atoms in total. The average Bonchev–Trinajstić information content (AvgIpc) is 2.80. The van der Waals surface area contributed by atoms with Crippen LogP contribution in [0, 0.1) is 0 Å². The summed E-state index contributed by atoms with van der Waals surface area (Å²) in [5.41, 5.74) is 1.65. The number of hydrogen-bond acceptors (Lipinski definition) is 6. The lowest BCUT2D eigenvalue weighted by Crippen LogP contribution is -2.12. The third-order valence-electron chi connectivity index (χ3n) is 4.31. The topological polar surface area (TPSA) is 106 Å². The number of ether oxygens (including phenoxy) is 1. The number of benzene rings is 2. The Balaban J connectivity index is 1.53. The maximum atomic E-state index is 12.4. The number of hydrogen-bond donors (Lipinski definition) is 2. The molecule has 4 rings (SSSR count). The van der Waals surface area contributed by atoms with Crippen LogP contribution in [-0.2, 0) is 4.79 Å². The molecule has 0 fully saturated rings. The average molecular weight is 411 g/mol. The molecule has 8 heteroatoms. The van der Waals surface area contributed by atoms with E-state index in [1.165, 1.54) is 12.3 Å². The van der Waals surface area contributed by atoms with Crippen LogP contribution in [0.3, 0.4) is 0 Å². The first kappa shape index (κ1) is 19.7. The van der Waals surface area contributed by atoms with E-state index >= 15 is 0 Å². The summed E-state index contributed by atoms with van der Waals surface area (Å²) in [7, 11) is 0. The summed E-state index contributed by atoms with van der Waals surface area (Å²) in [6.45, 7) is 3.44. The summed E-state index contributed by atoms with van der Waals surface area (Å²) in [4.78, 5) is 28.0. The normalized spacial score (nSPS) is 10.3. The number of fused-ring (bicyclic) bond motifs is 1. The second kappa shape index (κ2) is 8.83. The highest BCUT2D eigenvalue weighted by Gasteiger charge is 2.10. The Morgan fingerprint density at radius 2 is 1.84 bits per heavy atom. The van der Waals surface area contributed by atoms with Crippen LogP contribution >= 0.6 is 0 Å². The Bertz CT molecular complexity index is 1260. The summed E-state index contributed by atoms with van der Waals surface area (Å²) in [6, 6.07) is 17.1. The van der Waals surface area contributed by atoms with Crippen LogP contribution in [0.1, 0.15) is 10.4 Å². The molecule has 0 saturated carbocycles. The molecule has 2 aromatic heterocycles. The van der Waals surface area contributed by atoms with Crippen molar-refractivity contribution in [3.05, 3.63) is 91.3 Å². The highest BCUT2D eigenvalue weighted by molar-refractivity contribution is 6.04. The number of pyridine rings is 1. The predicted octanol–water partition coefficient (Wildman–Crippen LogP) is 4.19. The minimum atomic E-state index is -0.316. The van der Waals surface area contributed by atoms with E-state index in [4.69, 9.17) is 4.74 Å². The van der Waals surface area contributed by atoms with Crippen molar-refractivity contribution in [2.45, 2.75) is 0 Å². The van der Waals surface area contributed by atoms with Crippen LogP contribution in [0.2, 0.25) is 0 Å². The molecule has 2 aromatic carbocycles. The third kappa shape index (κ3) is 4.70. The van der Waals surface area contributed by atoms with E-state index in [-0.39, 0.29) is 11.8 Å². The van der Waals surface area contributed by atoms with Crippen molar-refractivity contribution in [3.8, 4) is 11.5 Å². The molecule has 2 heterocycles. The summed E-state index contributed by atoms with van der Waals surface area (Å²) in [5.74, 6) is 0.864. The lowest BCUT2D eigenvalue weighted by molar-refractivity contribution is -0.111. The minimum absolute atomic E-state index is 0.274. The fourth-order valence-electron chi connectivity index (χ4n) is 2.81. The molecule has 31 heavy (non-hydrogen) atoms. The molecule has 152 valence electrons. The van der Waals surface area contributed by atoms with E-state index in [1.807, 2.05) is 0 Å². The first-order chi connectivity index (χ1) is 15.1. The summed E-state index contributed by atoms with van der Waals surface area (Å²) < 4.78 is 5.95. The van der Waals surface area contributed by atoms with Crippen molar-refractivity contribution < 1.29 is 14.3 Å². The molecule has 0 aliphatic heterocycles. The van der Waals surface area contributed by atoms with E-state index in [0.29, 0.717) is 39.5 Å². The van der Waals surface area contributed by atoms with Crippen LogP contribution in [0.5, 0.6) is 11.5 Å². The minimum Gasteiger partial charge on any atom is -0.455 e. The van der Waals surface area contributed by atoms with E-state index in [2.05, 4.69) is 32.4 Å². The molecule has 4 aromatic rings. The quantitative estimate of drug-likeness (QED) is 0.461. The number of rotatable bonds is 6. The highest BCUT2D eigenvalue weighted by atomic mass is 16.5. The summed E-state index contributed by atoms with van der Waals surface area (Å²) in [6.07, 6.45) is 4.29. The number of amides is 2. The first-order valence-electron chi connectivity index (χ1n) is 9.31. The molecule has 0 bridgehead atoms. The van der Waals surface area contributed by atoms with Gasteiger partial charge in [0.05, 0.1) is 11.7 Å². The number of anilines is 2. The zero-order valence-electron chi connectivity index (χ0n) is 16.3. The van der Waals surface area contributed by atoms with Gasteiger partial charge in [-0.3, -0.25) is 9.59 Å². The van der Waals surface area contributed by atoms with Gasteiger partial charge in [-0.25, -0.2) is 4.98 Å². The van der Waals surface area contributed by atoms with Crippen LogP contribution in [-0.4, -0.2) is 27.0 Å². The number of carbonyl (C=O) groups excluding carboxylic acids is 2. The highest BCUT2D eigenvalue weighted by Crippen LogP contribution is 2.30. The van der Waals surface area contributed by atoms with Gasteiger partial charge in [-0.1, -0.05) is 12.6 Å². The second-order valence-corrected chi connectivity index (χ2v) is 6.43. The maximum absolute atomic E-state index is 12.4. The van der Waals surface area contributed by atoms with Crippen molar-refractivity contribution in [1.29, 1.82) is 0 Å². The van der Waals surface area contributed by atoms with Gasteiger partial charge in [0, 0.05) is 22.8 Å². The Morgan fingerprint density at radius 1 is 1.00 bits per heavy atom. The van der Waals surface area contributed by atoms with Gasteiger partial charge in [0.25, 0.3) is 5.91 Å². The number of aromatic nitrogens is 3. The van der Waals surface area contributed by atoms with Crippen molar-refractivity contribution in [1.82, 2.24) is 15.2 Å². The Labute approximate surface area is 177 Å². The summed E-state index contributed by atoms with van der Waals surface area (Å²) >= 11 is 0. The lowest BCUT2D eigenvalue weighted by atomic mass is 10.2. The molecule has 0 spiro atoms. The number of nitrogens with zero attached hydrogens (tertiary/aromatic N) is 3. The standard InChI is InChI=1S/C23H17N5O3/c1-2-22(29)26-16-8-11-19-18(13-16)20(14-25-28-19)31-17-9-6-15(7-10-17)23(30)27-21-5-3-4-12-24-21/h2-14H,1H2,(H,26,29)(H,24,27,30). The SMILES string of the molecule is C=CC(=O)Nc1ccc2nncc(Oc3ccc(C(=O)Nc4ccccn4)cc3)c2c1. The van der Waals surface area contributed by atoms with Gasteiger partial charge in [0.2, 0.25) is 5.91 Å². The zero-order valence-corrected chi connectivity index (χ0v) is 16.3. The van der Waals surface area contributed by atoms with Crippen LogP contribution in [0.4, 0.5) is 11.5 Å². The second-order valence-electron chi connectivity index (χ2n) is 6.43. The van der Waals surface area contributed by atoms with Crippen LogP contribution in [0.15, 0.2) is 85.7 Å². The summed E-state index contributed by atoms with van der Waals surface area (Å²) in [5, 5.41) is 14.1. The zero-order chi connectivity index (χ0) is 21.6. The predicted molar refractivity (Wildman–Crippen MR) is 117 cm³/mol. The maximum Gasteiger partial charge on any atom is 0.256 e. The Kier molecular flexibility index (Phi) is 5.62. The lowest BCUT2D eigenvalue weighted by Gasteiger charge is -2.10. The smallest absolute Gasteiger partial charge is 0.256 e. The fraction of sp³-hybridized carbons (Fsp3) is 0. The van der Waals surface area contributed by atoms with Crippen molar-refractivity contribution in [2.24, 2.45) is 0 Å².